The van der Waals surface area contributed by atoms with Crippen molar-refractivity contribution in [1.29, 1.82) is 0 Å². The van der Waals surface area contributed by atoms with Gasteiger partial charge in [-0.15, -0.1) is 0 Å². The molecule has 31 heavy (non-hydrogen) atoms. The van der Waals surface area contributed by atoms with E-state index in [4.69, 9.17) is 9.82 Å². The number of oxime groups is 1. The van der Waals surface area contributed by atoms with Gasteiger partial charge in [0.15, 0.2) is 0 Å². The molecule has 1 fully saturated rings. The van der Waals surface area contributed by atoms with Gasteiger partial charge in [0.1, 0.15) is 12.9 Å². The zero-order chi connectivity index (χ0) is 21.2. The lowest BCUT2D eigenvalue weighted by Crippen LogP contribution is -2.31. The smallest absolute Gasteiger partial charge is 0.254 e. The standard InChI is InChI=1S/C25H22N4O2/c1-31-28-20-15-23(24-26-21-9-5-6-10-22(21)27-24)29(16-20)25(30)19-13-11-18(12-14-19)17-7-3-2-4-8-17/h2-14,23H,15-16H2,1H3,(H,26,27)/b28-20+/t23-/m0/s1. The summed E-state index contributed by atoms with van der Waals surface area (Å²) in [5, 5.41) is 4.11. The number of carbonyl (C=O) groups is 1. The Morgan fingerprint density at radius 2 is 1.71 bits per heavy atom. The number of aromatic nitrogens is 2. The van der Waals surface area contributed by atoms with Gasteiger partial charge in [0.05, 0.1) is 29.3 Å². The van der Waals surface area contributed by atoms with Crippen molar-refractivity contribution < 1.29 is 9.63 Å². The highest BCUT2D eigenvalue weighted by Gasteiger charge is 2.36. The third kappa shape index (κ3) is 3.68. The molecule has 5 rings (SSSR count). The van der Waals surface area contributed by atoms with Crippen LogP contribution in [0.4, 0.5) is 0 Å². The largest absolute Gasteiger partial charge is 0.399 e. The topological polar surface area (TPSA) is 70.6 Å². The van der Waals surface area contributed by atoms with E-state index < -0.39 is 0 Å². The molecule has 1 saturated heterocycles. The summed E-state index contributed by atoms with van der Waals surface area (Å²) in [5.41, 5.74) is 5.50. The van der Waals surface area contributed by atoms with Crippen LogP contribution in [0.15, 0.2) is 84.0 Å². The molecule has 1 aliphatic rings. The summed E-state index contributed by atoms with van der Waals surface area (Å²) in [5.74, 6) is 0.711. The Hall–Kier alpha value is -3.93. The molecule has 0 radical (unpaired) electrons. The van der Waals surface area contributed by atoms with Gasteiger partial charge in [-0.25, -0.2) is 4.98 Å². The van der Waals surface area contributed by atoms with Gasteiger partial charge in [-0.1, -0.05) is 59.8 Å². The second-order valence-corrected chi connectivity index (χ2v) is 7.58. The number of benzene rings is 3. The van der Waals surface area contributed by atoms with Crippen LogP contribution in [0.25, 0.3) is 22.2 Å². The molecule has 0 spiro atoms. The monoisotopic (exact) mass is 410 g/mol. The summed E-state index contributed by atoms with van der Waals surface area (Å²) < 4.78 is 0. The molecule has 1 atom stereocenters. The van der Waals surface area contributed by atoms with Gasteiger partial charge in [-0.2, -0.15) is 0 Å². The number of hydrogen-bond donors (Lipinski definition) is 1. The molecule has 1 N–H and O–H groups in total. The molecule has 6 heteroatoms. The molecule has 0 unspecified atom stereocenters. The summed E-state index contributed by atoms with van der Waals surface area (Å²) >= 11 is 0. The molecule has 4 aromatic rings. The molecule has 6 nitrogen and oxygen atoms in total. The van der Waals surface area contributed by atoms with Crippen LogP contribution in [-0.4, -0.2) is 40.1 Å². The number of H-pyrrole nitrogens is 1. The first kappa shape index (κ1) is 19.1. The zero-order valence-corrected chi connectivity index (χ0v) is 17.2. The van der Waals surface area contributed by atoms with Crippen LogP contribution < -0.4 is 0 Å². The van der Waals surface area contributed by atoms with Crippen molar-refractivity contribution in [3.05, 3.63) is 90.3 Å². The minimum Gasteiger partial charge on any atom is -0.399 e. The summed E-state index contributed by atoms with van der Waals surface area (Å²) in [6.07, 6.45) is 0.585. The Kier molecular flexibility index (Phi) is 4.96. The normalized spacial score (nSPS) is 17.4. The van der Waals surface area contributed by atoms with Crippen LogP contribution in [0, 0.1) is 0 Å². The predicted molar refractivity (Wildman–Crippen MR) is 121 cm³/mol. The van der Waals surface area contributed by atoms with Crippen molar-refractivity contribution in [3.63, 3.8) is 0 Å². The maximum absolute atomic E-state index is 13.4. The van der Waals surface area contributed by atoms with Crippen LogP contribution >= 0.6 is 0 Å². The maximum Gasteiger partial charge on any atom is 0.254 e. The fourth-order valence-electron chi connectivity index (χ4n) is 4.09. The first-order valence-corrected chi connectivity index (χ1v) is 10.2. The fraction of sp³-hybridized carbons (Fsp3) is 0.160. The molecule has 3 aromatic carbocycles. The van der Waals surface area contributed by atoms with E-state index >= 15 is 0 Å². The van der Waals surface area contributed by atoms with E-state index in [0.717, 1.165) is 33.7 Å². The highest BCUT2D eigenvalue weighted by Crippen LogP contribution is 2.32. The Bertz CT molecular complexity index is 1210. The number of aromatic amines is 1. The first-order chi connectivity index (χ1) is 15.2. The van der Waals surface area contributed by atoms with E-state index in [2.05, 4.69) is 22.3 Å². The number of nitrogens with zero attached hydrogens (tertiary/aromatic N) is 3. The number of imidazole rings is 1. The lowest BCUT2D eigenvalue weighted by Gasteiger charge is -2.22. The Labute approximate surface area is 180 Å². The number of amides is 1. The van der Waals surface area contributed by atoms with Gasteiger partial charge < -0.3 is 14.7 Å². The van der Waals surface area contributed by atoms with Crippen molar-refractivity contribution in [2.24, 2.45) is 5.16 Å². The van der Waals surface area contributed by atoms with Gasteiger partial charge in [0, 0.05) is 12.0 Å². The van der Waals surface area contributed by atoms with Gasteiger partial charge in [-0.3, -0.25) is 4.79 Å². The number of hydrogen-bond acceptors (Lipinski definition) is 4. The van der Waals surface area contributed by atoms with Crippen molar-refractivity contribution in [3.8, 4) is 11.1 Å². The molecule has 0 aliphatic carbocycles. The fourth-order valence-corrected chi connectivity index (χ4v) is 4.09. The van der Waals surface area contributed by atoms with E-state index in [9.17, 15) is 4.79 Å². The van der Waals surface area contributed by atoms with Crippen LogP contribution in [-0.2, 0) is 4.84 Å². The third-order valence-electron chi connectivity index (χ3n) is 5.60. The van der Waals surface area contributed by atoms with Crippen molar-refractivity contribution in [2.75, 3.05) is 13.7 Å². The Balaban J connectivity index is 1.45. The van der Waals surface area contributed by atoms with Crippen molar-refractivity contribution in [1.82, 2.24) is 14.9 Å². The average Bonchev–Trinajstić information content (AvgIpc) is 3.44. The third-order valence-corrected chi connectivity index (χ3v) is 5.60. The molecular weight excluding hydrogens is 388 g/mol. The number of nitrogens with one attached hydrogen (secondary N) is 1. The minimum atomic E-state index is -0.220. The van der Waals surface area contributed by atoms with Gasteiger partial charge in [0.25, 0.3) is 5.91 Å². The maximum atomic E-state index is 13.4. The second kappa shape index (κ2) is 8.07. The predicted octanol–water partition coefficient (Wildman–Crippen LogP) is 4.82. The SMILES string of the molecule is CO/N=C1\C[C@@H](c2nc3ccccc3[nH]2)N(C(=O)c2ccc(-c3ccccc3)cc2)C1. The lowest BCUT2D eigenvalue weighted by atomic mass is 10.0. The summed E-state index contributed by atoms with van der Waals surface area (Å²) in [4.78, 5) is 28.3. The quantitative estimate of drug-likeness (QED) is 0.491. The van der Waals surface area contributed by atoms with Gasteiger partial charge in [0.2, 0.25) is 0 Å². The van der Waals surface area contributed by atoms with Crippen LogP contribution in [0.2, 0.25) is 0 Å². The molecule has 2 heterocycles. The van der Waals surface area contributed by atoms with Crippen molar-refractivity contribution >= 4 is 22.7 Å². The van der Waals surface area contributed by atoms with Crippen LogP contribution in [0.5, 0.6) is 0 Å². The van der Waals surface area contributed by atoms with E-state index in [1.54, 1.807) is 0 Å². The van der Waals surface area contributed by atoms with E-state index in [1.165, 1.54) is 7.11 Å². The van der Waals surface area contributed by atoms with E-state index in [0.29, 0.717) is 18.5 Å². The highest BCUT2D eigenvalue weighted by atomic mass is 16.6. The summed E-state index contributed by atoms with van der Waals surface area (Å²) in [7, 11) is 1.52. The molecule has 154 valence electrons. The molecule has 0 saturated carbocycles. The van der Waals surface area contributed by atoms with Crippen molar-refractivity contribution in [2.45, 2.75) is 12.5 Å². The van der Waals surface area contributed by atoms with Gasteiger partial charge >= 0.3 is 0 Å². The number of likely N-dealkylation sites (tertiary alicyclic amines) is 1. The zero-order valence-electron chi connectivity index (χ0n) is 17.2. The molecule has 0 bridgehead atoms. The molecule has 1 aliphatic heterocycles. The number of para-hydroxylation sites is 2. The number of carbonyl (C=O) groups excluding carboxylic acids is 1. The Morgan fingerprint density at radius 3 is 2.45 bits per heavy atom. The second-order valence-electron chi connectivity index (χ2n) is 7.58. The highest BCUT2D eigenvalue weighted by molar-refractivity contribution is 6.00. The van der Waals surface area contributed by atoms with Crippen LogP contribution in [0.3, 0.4) is 0 Å². The molecular formula is C25H22N4O2. The summed E-state index contributed by atoms with van der Waals surface area (Å²) in [6.45, 7) is 0.412. The first-order valence-electron chi connectivity index (χ1n) is 10.2. The van der Waals surface area contributed by atoms with E-state index in [1.807, 2.05) is 71.6 Å². The van der Waals surface area contributed by atoms with Crippen LogP contribution in [0.1, 0.15) is 28.6 Å². The minimum absolute atomic E-state index is 0.0497. The van der Waals surface area contributed by atoms with Gasteiger partial charge in [-0.05, 0) is 35.4 Å². The average molecular weight is 410 g/mol. The number of rotatable bonds is 4. The number of fused-ring (bicyclic) bond motifs is 1. The summed E-state index contributed by atoms with van der Waals surface area (Å²) in [6, 6.07) is 25.5. The molecule has 1 amide bonds. The van der Waals surface area contributed by atoms with E-state index in [-0.39, 0.29) is 11.9 Å². The Morgan fingerprint density at radius 1 is 1.00 bits per heavy atom. The lowest BCUT2D eigenvalue weighted by molar-refractivity contribution is 0.0734. The molecule has 1 aromatic heterocycles.